The van der Waals surface area contributed by atoms with Crippen LogP contribution in [0.25, 0.3) is 5.69 Å². The molecule has 0 bridgehead atoms. The number of rotatable bonds is 7. The lowest BCUT2D eigenvalue weighted by Crippen LogP contribution is -2.35. The average molecular weight is 364 g/mol. The van der Waals surface area contributed by atoms with Crippen LogP contribution in [0.3, 0.4) is 0 Å². The third-order valence-electron chi connectivity index (χ3n) is 3.67. The highest BCUT2D eigenvalue weighted by atomic mass is 35.5. The van der Waals surface area contributed by atoms with E-state index < -0.39 is 5.97 Å². The van der Waals surface area contributed by atoms with Crippen molar-refractivity contribution in [3.05, 3.63) is 46.7 Å². The molecule has 0 radical (unpaired) electrons. The van der Waals surface area contributed by atoms with E-state index in [-0.39, 0.29) is 29.3 Å². The van der Waals surface area contributed by atoms with Crippen molar-refractivity contribution >= 4 is 23.5 Å². The smallest absolute Gasteiger partial charge is 0.343 e. The summed E-state index contributed by atoms with van der Waals surface area (Å²) in [6, 6.07) is 9.28. The quantitative estimate of drug-likeness (QED) is 0.766. The van der Waals surface area contributed by atoms with Crippen molar-refractivity contribution < 1.29 is 14.3 Å². The second kappa shape index (κ2) is 8.67. The number of amides is 1. The van der Waals surface area contributed by atoms with Crippen LogP contribution in [0.4, 0.5) is 0 Å². The van der Waals surface area contributed by atoms with Crippen molar-refractivity contribution in [1.29, 1.82) is 0 Å². The summed E-state index contributed by atoms with van der Waals surface area (Å²) in [7, 11) is 0. The molecule has 134 valence electrons. The molecule has 0 aliphatic heterocycles. The fourth-order valence-electron chi connectivity index (χ4n) is 2.50. The maximum atomic E-state index is 12.3. The Labute approximate surface area is 152 Å². The molecule has 6 nitrogen and oxygen atoms in total. The first-order valence-electron chi connectivity index (χ1n) is 8.21. The van der Waals surface area contributed by atoms with Gasteiger partial charge in [0, 0.05) is 6.04 Å². The van der Waals surface area contributed by atoms with Crippen molar-refractivity contribution in [2.75, 3.05) is 6.61 Å². The molecule has 0 aliphatic carbocycles. The van der Waals surface area contributed by atoms with Gasteiger partial charge < -0.3 is 10.1 Å². The summed E-state index contributed by atoms with van der Waals surface area (Å²) in [6.07, 6.45) is 1.84. The molecule has 7 heteroatoms. The molecule has 1 N–H and O–H groups in total. The van der Waals surface area contributed by atoms with Crippen LogP contribution in [-0.4, -0.2) is 34.3 Å². The van der Waals surface area contributed by atoms with Crippen molar-refractivity contribution in [3.63, 3.8) is 0 Å². The molecule has 0 aliphatic rings. The van der Waals surface area contributed by atoms with E-state index in [1.165, 1.54) is 4.68 Å². The number of aryl methyl sites for hydroxylation is 1. The number of hydrogen-bond acceptors (Lipinski definition) is 4. The van der Waals surface area contributed by atoms with Crippen molar-refractivity contribution in [3.8, 4) is 5.69 Å². The Hall–Kier alpha value is -2.34. The zero-order valence-electron chi connectivity index (χ0n) is 14.6. The number of esters is 1. The Bertz CT molecular complexity index is 744. The van der Waals surface area contributed by atoms with Crippen molar-refractivity contribution in [2.45, 2.75) is 39.7 Å². The van der Waals surface area contributed by atoms with E-state index in [0.29, 0.717) is 5.69 Å². The van der Waals surface area contributed by atoms with Gasteiger partial charge in [0.25, 0.3) is 5.91 Å². The summed E-state index contributed by atoms with van der Waals surface area (Å²) in [5.74, 6) is -0.999. The number of nitrogens with one attached hydrogen (secondary N) is 1. The molecule has 1 atom stereocenters. The van der Waals surface area contributed by atoms with Crippen LogP contribution in [0.5, 0.6) is 0 Å². The predicted octanol–water partition coefficient (Wildman–Crippen LogP) is 3.30. The number of carbonyl (C=O) groups is 2. The molecular formula is C18H22ClN3O3. The lowest BCUT2D eigenvalue weighted by molar-refractivity contribution is -0.124. The molecule has 1 aromatic carbocycles. The molecule has 2 aromatic rings. The monoisotopic (exact) mass is 363 g/mol. The molecular weight excluding hydrogens is 342 g/mol. The van der Waals surface area contributed by atoms with Gasteiger partial charge in [0.2, 0.25) is 0 Å². The number of hydrogen-bond donors (Lipinski definition) is 1. The van der Waals surface area contributed by atoms with Crippen LogP contribution < -0.4 is 5.32 Å². The van der Waals surface area contributed by atoms with E-state index in [4.69, 9.17) is 16.3 Å². The number of halogens is 1. The fraction of sp³-hybridized carbons (Fsp3) is 0.389. The van der Waals surface area contributed by atoms with Gasteiger partial charge in [-0.1, -0.05) is 43.1 Å². The van der Waals surface area contributed by atoms with Gasteiger partial charge in [0.15, 0.2) is 6.61 Å². The molecule has 1 amide bonds. The zero-order chi connectivity index (χ0) is 18.4. The summed E-state index contributed by atoms with van der Waals surface area (Å²) in [6.45, 7) is 5.27. The molecule has 0 saturated carbocycles. The lowest BCUT2D eigenvalue weighted by Gasteiger charge is -2.12. The van der Waals surface area contributed by atoms with Crippen LogP contribution in [-0.2, 0) is 9.53 Å². The third-order valence-corrected chi connectivity index (χ3v) is 4.02. The predicted molar refractivity (Wildman–Crippen MR) is 96.1 cm³/mol. The summed E-state index contributed by atoms with van der Waals surface area (Å²) in [4.78, 5) is 24.1. The van der Waals surface area contributed by atoms with E-state index in [1.807, 2.05) is 44.2 Å². The maximum absolute atomic E-state index is 12.3. The fourth-order valence-corrected chi connectivity index (χ4v) is 2.85. The van der Waals surface area contributed by atoms with Gasteiger partial charge in [-0.3, -0.25) is 4.79 Å². The van der Waals surface area contributed by atoms with E-state index in [0.717, 1.165) is 18.5 Å². The number of benzene rings is 1. The van der Waals surface area contributed by atoms with Crippen LogP contribution in [0.15, 0.2) is 30.3 Å². The molecule has 1 heterocycles. The maximum Gasteiger partial charge on any atom is 0.343 e. The third kappa shape index (κ3) is 4.82. The van der Waals surface area contributed by atoms with Crippen LogP contribution in [0, 0.1) is 6.92 Å². The van der Waals surface area contributed by atoms with Gasteiger partial charge in [-0.25, -0.2) is 9.48 Å². The average Bonchev–Trinajstić information content (AvgIpc) is 2.88. The highest BCUT2D eigenvalue weighted by Gasteiger charge is 2.23. The number of aromatic nitrogens is 2. The second-order valence-electron chi connectivity index (χ2n) is 5.83. The van der Waals surface area contributed by atoms with Gasteiger partial charge in [-0.15, -0.1) is 0 Å². The molecule has 0 spiro atoms. The largest absolute Gasteiger partial charge is 0.452 e. The van der Waals surface area contributed by atoms with Crippen LogP contribution in [0.1, 0.15) is 42.7 Å². The van der Waals surface area contributed by atoms with Gasteiger partial charge in [0.05, 0.1) is 11.4 Å². The second-order valence-corrected chi connectivity index (χ2v) is 6.19. The van der Waals surface area contributed by atoms with Crippen molar-refractivity contribution in [2.24, 2.45) is 0 Å². The zero-order valence-corrected chi connectivity index (χ0v) is 15.3. The van der Waals surface area contributed by atoms with Gasteiger partial charge >= 0.3 is 5.97 Å². The topological polar surface area (TPSA) is 73.2 Å². The van der Waals surface area contributed by atoms with Gasteiger partial charge in [-0.2, -0.15) is 5.10 Å². The molecule has 1 aromatic heterocycles. The van der Waals surface area contributed by atoms with Crippen LogP contribution in [0.2, 0.25) is 5.15 Å². The number of carbonyl (C=O) groups excluding carboxylic acids is 2. The van der Waals surface area contributed by atoms with E-state index in [1.54, 1.807) is 6.92 Å². The Morgan fingerprint density at radius 2 is 2.00 bits per heavy atom. The molecule has 2 rings (SSSR count). The first-order chi connectivity index (χ1) is 11.9. The molecule has 25 heavy (non-hydrogen) atoms. The summed E-state index contributed by atoms with van der Waals surface area (Å²) in [5, 5.41) is 7.22. The van der Waals surface area contributed by atoms with Gasteiger partial charge in [0.1, 0.15) is 10.7 Å². The number of ether oxygens (including phenoxy) is 1. The normalized spacial score (nSPS) is 11.8. The minimum atomic E-state index is -0.664. The minimum Gasteiger partial charge on any atom is -0.452 e. The molecule has 0 fully saturated rings. The van der Waals surface area contributed by atoms with E-state index in [9.17, 15) is 9.59 Å². The standard InChI is InChI=1S/C18H22ClN3O3/c1-4-8-12(2)20-15(23)11-25-18(24)16-13(3)21-22(17(16)19)14-9-6-5-7-10-14/h5-7,9-10,12H,4,8,11H2,1-3H3,(H,20,23)/t12-/m1/s1. The molecule has 0 saturated heterocycles. The Kier molecular flexibility index (Phi) is 6.58. The van der Waals surface area contributed by atoms with Crippen molar-refractivity contribution in [1.82, 2.24) is 15.1 Å². The van der Waals surface area contributed by atoms with E-state index >= 15 is 0 Å². The Morgan fingerprint density at radius 1 is 1.32 bits per heavy atom. The summed E-state index contributed by atoms with van der Waals surface area (Å²) in [5.41, 5.74) is 1.35. The SMILES string of the molecule is CCC[C@@H](C)NC(=O)COC(=O)c1c(C)nn(-c2ccccc2)c1Cl. The summed E-state index contributed by atoms with van der Waals surface area (Å²) >= 11 is 6.30. The number of para-hydroxylation sites is 1. The number of nitrogens with zero attached hydrogens (tertiary/aromatic N) is 2. The summed E-state index contributed by atoms with van der Waals surface area (Å²) < 4.78 is 6.56. The first-order valence-corrected chi connectivity index (χ1v) is 8.58. The Balaban J connectivity index is 2.05. The Morgan fingerprint density at radius 3 is 2.64 bits per heavy atom. The van der Waals surface area contributed by atoms with Crippen LogP contribution >= 0.6 is 11.6 Å². The highest BCUT2D eigenvalue weighted by Crippen LogP contribution is 2.24. The lowest BCUT2D eigenvalue weighted by atomic mass is 10.2. The molecule has 0 unspecified atom stereocenters. The van der Waals surface area contributed by atoms with E-state index in [2.05, 4.69) is 10.4 Å². The first kappa shape index (κ1) is 19.0. The minimum absolute atomic E-state index is 0.0438. The highest BCUT2D eigenvalue weighted by molar-refractivity contribution is 6.33. The van der Waals surface area contributed by atoms with Gasteiger partial charge in [-0.05, 0) is 32.4 Å².